The summed E-state index contributed by atoms with van der Waals surface area (Å²) >= 11 is 8.64. The monoisotopic (exact) mass is 514 g/mol. The molecule has 0 aliphatic rings. The average Bonchev–Trinajstić information content (AvgIpc) is 3.26. The molecule has 0 atom stereocenters. The molecular formula is C14H17Br3N2O4. The van der Waals surface area contributed by atoms with E-state index in [1.54, 1.807) is 18.6 Å². The van der Waals surface area contributed by atoms with Crippen molar-refractivity contribution in [2.45, 2.75) is 13.1 Å². The van der Waals surface area contributed by atoms with Crippen LogP contribution in [0, 0.1) is 0 Å². The summed E-state index contributed by atoms with van der Waals surface area (Å²) in [7, 11) is 0. The van der Waals surface area contributed by atoms with Crippen molar-refractivity contribution in [3.8, 4) is 0 Å². The van der Waals surface area contributed by atoms with Gasteiger partial charge >= 0.3 is 0 Å². The van der Waals surface area contributed by atoms with Crippen molar-refractivity contribution in [3.63, 3.8) is 0 Å². The number of amides is 1. The molecule has 2 rings (SSSR count). The molecule has 0 unspecified atom stereocenters. The molecule has 3 N–H and O–H groups in total. The second kappa shape index (κ2) is 14.7. The van der Waals surface area contributed by atoms with Gasteiger partial charge in [-0.25, -0.2) is 0 Å². The second-order valence-electron chi connectivity index (χ2n) is 3.76. The van der Waals surface area contributed by atoms with E-state index in [0.717, 1.165) is 11.5 Å². The molecule has 0 radical (unpaired) electrons. The molecule has 0 fully saturated rings. The number of hydrogen-bond donors (Lipinski definition) is 2. The van der Waals surface area contributed by atoms with Crippen LogP contribution in [-0.2, 0) is 22.7 Å². The van der Waals surface area contributed by atoms with Gasteiger partial charge in [0.25, 0.3) is 0 Å². The molecule has 2 aromatic rings. The van der Waals surface area contributed by atoms with Crippen LogP contribution < -0.4 is 11.1 Å². The van der Waals surface area contributed by atoms with Gasteiger partial charge in [0.15, 0.2) is 0 Å². The fraction of sp³-hybridized carbons (Fsp3) is 0.286. The van der Waals surface area contributed by atoms with Crippen molar-refractivity contribution >= 4 is 58.4 Å². The van der Waals surface area contributed by atoms with Crippen molar-refractivity contribution in [3.05, 3.63) is 48.3 Å². The zero-order valence-electron chi connectivity index (χ0n) is 12.1. The number of carbonyl (C=O) groups excluding carboxylic acids is 2. The summed E-state index contributed by atoms with van der Waals surface area (Å²) in [5, 5.41) is 3.38. The largest absolute Gasteiger partial charge is 0.468 e. The minimum atomic E-state index is -0.0404. The summed E-state index contributed by atoms with van der Waals surface area (Å²) in [6, 6.07) is 7.27. The van der Waals surface area contributed by atoms with Gasteiger partial charge in [-0.3, -0.25) is 9.59 Å². The van der Waals surface area contributed by atoms with E-state index in [2.05, 4.69) is 53.1 Å². The van der Waals surface area contributed by atoms with Gasteiger partial charge < -0.3 is 19.9 Å². The highest BCUT2D eigenvalue weighted by atomic mass is 79.9. The van der Waals surface area contributed by atoms with Crippen molar-refractivity contribution in [2.24, 2.45) is 5.73 Å². The van der Waals surface area contributed by atoms with Crippen LogP contribution in [0.3, 0.4) is 0 Å². The Balaban J connectivity index is 0.000000347. The summed E-state index contributed by atoms with van der Waals surface area (Å²) < 4.78 is 9.84. The minimum absolute atomic E-state index is 0.0162. The molecule has 0 saturated heterocycles. The lowest BCUT2D eigenvalue weighted by molar-refractivity contribution is -0.118. The molecule has 6 nitrogen and oxygen atoms in total. The maximum absolute atomic E-state index is 10.7. The maximum atomic E-state index is 10.7. The van der Waals surface area contributed by atoms with Crippen LogP contribution in [0.15, 0.2) is 45.6 Å². The van der Waals surface area contributed by atoms with Crippen LogP contribution in [0.2, 0.25) is 0 Å². The topological polar surface area (TPSA) is 98.5 Å². The molecular weight excluding hydrogens is 500 g/mol. The third-order valence-electron chi connectivity index (χ3n) is 2.05. The lowest BCUT2D eigenvalue weighted by atomic mass is 10.4. The standard InChI is InChI=1S/C7H8BrNO2.C5H7NO.C2H2Br2O/c8-4-7(10)9-5-6-2-1-3-11-6;6-4-5-2-1-3-7-5;3-1-2(4)5/h1-3H,4-5H2,(H,9,10);1-3H,4,6H2;1H2. The molecule has 128 valence electrons. The highest BCUT2D eigenvalue weighted by Crippen LogP contribution is 1.98. The van der Waals surface area contributed by atoms with Crippen LogP contribution in [0.25, 0.3) is 0 Å². The van der Waals surface area contributed by atoms with E-state index in [9.17, 15) is 9.59 Å². The van der Waals surface area contributed by atoms with Gasteiger partial charge in [-0.1, -0.05) is 31.9 Å². The number of nitrogens with one attached hydrogen (secondary N) is 1. The summed E-state index contributed by atoms with van der Waals surface area (Å²) in [6.45, 7) is 0.949. The van der Waals surface area contributed by atoms with Crippen LogP contribution in [0.4, 0.5) is 0 Å². The molecule has 0 aliphatic carbocycles. The Morgan fingerprint density at radius 3 is 1.87 bits per heavy atom. The fourth-order valence-electron chi connectivity index (χ4n) is 1.07. The molecule has 0 aliphatic heterocycles. The Hall–Kier alpha value is -0.900. The van der Waals surface area contributed by atoms with Crippen molar-refractivity contribution in [2.75, 3.05) is 10.7 Å². The highest BCUT2D eigenvalue weighted by molar-refractivity contribution is 9.19. The molecule has 2 aromatic heterocycles. The number of alkyl halides is 2. The number of halogens is 3. The van der Waals surface area contributed by atoms with Crippen LogP contribution in [0.5, 0.6) is 0 Å². The molecule has 0 saturated carbocycles. The number of carbonyl (C=O) groups is 2. The molecule has 0 bridgehead atoms. The smallest absolute Gasteiger partial charge is 0.231 e. The summed E-state index contributed by atoms with van der Waals surface area (Å²) in [6.07, 6.45) is 3.19. The normalized spacial score (nSPS) is 9.04. The number of nitrogens with two attached hydrogens (primary N) is 1. The van der Waals surface area contributed by atoms with Gasteiger partial charge in [-0.2, -0.15) is 0 Å². The maximum Gasteiger partial charge on any atom is 0.231 e. The van der Waals surface area contributed by atoms with E-state index in [1.165, 1.54) is 0 Å². The van der Waals surface area contributed by atoms with Gasteiger partial charge in [0, 0.05) is 0 Å². The molecule has 0 aromatic carbocycles. The zero-order chi connectivity index (χ0) is 17.5. The number of furan rings is 2. The number of hydrogen-bond acceptors (Lipinski definition) is 5. The van der Waals surface area contributed by atoms with Crippen LogP contribution >= 0.6 is 47.8 Å². The first-order valence-corrected chi connectivity index (χ1v) is 9.38. The van der Waals surface area contributed by atoms with E-state index < -0.39 is 0 Å². The minimum Gasteiger partial charge on any atom is -0.468 e. The van der Waals surface area contributed by atoms with Crippen molar-refractivity contribution < 1.29 is 18.4 Å². The van der Waals surface area contributed by atoms with Crippen molar-refractivity contribution in [1.82, 2.24) is 5.32 Å². The fourth-order valence-corrected chi connectivity index (χ4v) is 1.27. The Morgan fingerprint density at radius 1 is 1.04 bits per heavy atom. The SMILES string of the molecule is NCc1ccco1.O=C(Br)CBr.O=C(CBr)NCc1ccco1. The second-order valence-corrected chi connectivity index (χ2v) is 5.77. The summed E-state index contributed by atoms with van der Waals surface area (Å²) in [5.74, 6) is 1.56. The van der Waals surface area contributed by atoms with Gasteiger partial charge in [-0.05, 0) is 40.2 Å². The molecule has 23 heavy (non-hydrogen) atoms. The van der Waals surface area contributed by atoms with Gasteiger partial charge in [-0.15, -0.1) is 0 Å². The van der Waals surface area contributed by atoms with Gasteiger partial charge in [0.05, 0.1) is 36.3 Å². The third kappa shape index (κ3) is 13.3. The summed E-state index contributed by atoms with van der Waals surface area (Å²) in [4.78, 5) is 20.4. The lowest BCUT2D eigenvalue weighted by Crippen LogP contribution is -2.23. The first kappa shape index (κ1) is 22.1. The van der Waals surface area contributed by atoms with Crippen LogP contribution in [0.1, 0.15) is 11.5 Å². The third-order valence-corrected chi connectivity index (χ3v) is 4.10. The Bertz CT molecular complexity index is 530. The first-order valence-electron chi connectivity index (χ1n) is 6.35. The first-order chi connectivity index (χ1) is 11.0. The van der Waals surface area contributed by atoms with Crippen LogP contribution in [-0.4, -0.2) is 21.3 Å². The van der Waals surface area contributed by atoms with E-state index in [0.29, 0.717) is 23.7 Å². The Morgan fingerprint density at radius 2 is 1.57 bits per heavy atom. The highest BCUT2D eigenvalue weighted by Gasteiger charge is 1.98. The van der Waals surface area contributed by atoms with E-state index in [1.807, 2.05) is 18.2 Å². The van der Waals surface area contributed by atoms with E-state index in [4.69, 9.17) is 14.6 Å². The molecule has 0 spiro atoms. The molecule has 2 heterocycles. The average molecular weight is 517 g/mol. The lowest BCUT2D eigenvalue weighted by Gasteiger charge is -1.97. The zero-order valence-corrected chi connectivity index (χ0v) is 16.9. The van der Waals surface area contributed by atoms with E-state index >= 15 is 0 Å². The van der Waals surface area contributed by atoms with Gasteiger partial charge in [0.2, 0.25) is 10.6 Å². The van der Waals surface area contributed by atoms with Crippen molar-refractivity contribution in [1.29, 1.82) is 0 Å². The predicted octanol–water partition coefficient (Wildman–Crippen LogP) is 3.33. The Labute approximate surface area is 159 Å². The molecule has 1 amide bonds. The quantitative estimate of drug-likeness (QED) is 0.469. The summed E-state index contributed by atoms with van der Waals surface area (Å²) in [5.41, 5.74) is 5.20. The van der Waals surface area contributed by atoms with E-state index in [-0.39, 0.29) is 10.6 Å². The Kier molecular flexibility index (Phi) is 14.1. The molecule has 9 heteroatoms. The predicted molar refractivity (Wildman–Crippen MR) is 98.7 cm³/mol. The number of rotatable bonds is 5. The van der Waals surface area contributed by atoms with Gasteiger partial charge in [0.1, 0.15) is 11.5 Å².